The molecule has 0 aromatic rings. The minimum Gasteiger partial charge on any atom is -0.375 e. The van der Waals surface area contributed by atoms with Crippen molar-refractivity contribution in [2.75, 3.05) is 26.2 Å². The van der Waals surface area contributed by atoms with Crippen molar-refractivity contribution in [3.8, 4) is 0 Å². The molecule has 18 heavy (non-hydrogen) atoms. The molecule has 1 heterocycles. The van der Waals surface area contributed by atoms with Gasteiger partial charge in [0.05, 0.1) is 19.1 Å². The van der Waals surface area contributed by atoms with Crippen LogP contribution >= 0.6 is 0 Å². The molecule has 0 radical (unpaired) electrons. The molecular formula is C14H28N2O2. The summed E-state index contributed by atoms with van der Waals surface area (Å²) in [5.74, 6) is 0.0843. The molecule has 1 unspecified atom stereocenters. The van der Waals surface area contributed by atoms with Crippen molar-refractivity contribution in [2.24, 2.45) is 10.8 Å². The van der Waals surface area contributed by atoms with Crippen LogP contribution in [0.4, 0.5) is 0 Å². The highest BCUT2D eigenvalue weighted by Gasteiger charge is 2.33. The van der Waals surface area contributed by atoms with E-state index >= 15 is 0 Å². The van der Waals surface area contributed by atoms with E-state index in [2.05, 4.69) is 45.3 Å². The molecule has 1 atom stereocenters. The van der Waals surface area contributed by atoms with Crippen LogP contribution in [0.5, 0.6) is 0 Å². The zero-order valence-electron chi connectivity index (χ0n) is 12.4. The average molecular weight is 256 g/mol. The van der Waals surface area contributed by atoms with Crippen LogP contribution in [-0.2, 0) is 9.53 Å². The summed E-state index contributed by atoms with van der Waals surface area (Å²) in [6, 6.07) is 0. The fourth-order valence-electron chi connectivity index (χ4n) is 1.61. The second-order valence-electron chi connectivity index (χ2n) is 6.81. The van der Waals surface area contributed by atoms with E-state index in [1.54, 1.807) is 0 Å². The van der Waals surface area contributed by atoms with E-state index in [1.807, 2.05) is 0 Å². The Morgan fingerprint density at radius 3 is 2.50 bits per heavy atom. The van der Waals surface area contributed by atoms with Gasteiger partial charge < -0.3 is 15.4 Å². The Morgan fingerprint density at radius 2 is 2.00 bits per heavy atom. The molecule has 2 N–H and O–H groups in total. The SMILES string of the molecule is CC(C)(C)C(C)(C)CNC(=O)CC1CNCCO1. The lowest BCUT2D eigenvalue weighted by molar-refractivity contribution is -0.125. The number of morpholine rings is 1. The molecular weight excluding hydrogens is 228 g/mol. The summed E-state index contributed by atoms with van der Waals surface area (Å²) in [6.07, 6.45) is 0.476. The molecule has 4 nitrogen and oxygen atoms in total. The predicted octanol–water partition coefficient (Wildman–Crippen LogP) is 1.55. The standard InChI is InChI=1S/C14H28N2O2/c1-13(2,3)14(4,5)10-16-12(17)8-11-9-15-6-7-18-11/h11,15H,6-10H2,1-5H3,(H,16,17). The molecule has 0 saturated carbocycles. The minimum absolute atomic E-state index is 0.0245. The first-order valence-electron chi connectivity index (χ1n) is 6.81. The van der Waals surface area contributed by atoms with Gasteiger partial charge in [0, 0.05) is 19.6 Å². The first-order chi connectivity index (χ1) is 8.22. The number of carbonyl (C=O) groups is 1. The largest absolute Gasteiger partial charge is 0.375 e. The monoisotopic (exact) mass is 256 g/mol. The summed E-state index contributed by atoms with van der Waals surface area (Å²) in [5.41, 5.74) is 0.248. The number of carbonyl (C=O) groups excluding carboxylic acids is 1. The van der Waals surface area contributed by atoms with E-state index in [9.17, 15) is 4.79 Å². The quantitative estimate of drug-likeness (QED) is 0.802. The van der Waals surface area contributed by atoms with Gasteiger partial charge in [-0.1, -0.05) is 34.6 Å². The molecule has 106 valence electrons. The van der Waals surface area contributed by atoms with Gasteiger partial charge in [0.15, 0.2) is 0 Å². The smallest absolute Gasteiger partial charge is 0.222 e. The van der Waals surface area contributed by atoms with Gasteiger partial charge in [-0.25, -0.2) is 0 Å². The number of nitrogens with one attached hydrogen (secondary N) is 2. The van der Waals surface area contributed by atoms with Crippen LogP contribution in [0.1, 0.15) is 41.0 Å². The van der Waals surface area contributed by atoms with E-state index in [-0.39, 0.29) is 22.8 Å². The molecule has 1 aliphatic heterocycles. The third-order valence-electron chi connectivity index (χ3n) is 4.18. The summed E-state index contributed by atoms with van der Waals surface area (Å²) < 4.78 is 5.52. The molecule has 0 aromatic carbocycles. The second kappa shape index (κ2) is 6.02. The lowest BCUT2D eigenvalue weighted by Crippen LogP contribution is -2.45. The fraction of sp³-hybridized carbons (Fsp3) is 0.929. The molecule has 1 fully saturated rings. The van der Waals surface area contributed by atoms with Crippen molar-refractivity contribution in [1.82, 2.24) is 10.6 Å². The summed E-state index contributed by atoms with van der Waals surface area (Å²) >= 11 is 0. The molecule has 0 bridgehead atoms. The van der Waals surface area contributed by atoms with Gasteiger partial charge in [0.25, 0.3) is 0 Å². The first kappa shape index (κ1) is 15.4. The summed E-state index contributed by atoms with van der Waals surface area (Å²) in [4.78, 5) is 11.9. The van der Waals surface area contributed by atoms with Crippen LogP contribution in [0, 0.1) is 10.8 Å². The molecule has 0 aromatic heterocycles. The lowest BCUT2D eigenvalue weighted by atomic mass is 9.69. The second-order valence-corrected chi connectivity index (χ2v) is 6.81. The molecule has 0 spiro atoms. The zero-order valence-corrected chi connectivity index (χ0v) is 12.4. The Bertz CT molecular complexity index is 276. The lowest BCUT2D eigenvalue weighted by Gasteiger charge is -2.39. The van der Waals surface area contributed by atoms with Gasteiger partial charge in [0.1, 0.15) is 0 Å². The minimum atomic E-state index is 0.0245. The Labute approximate surface area is 111 Å². The maximum absolute atomic E-state index is 11.9. The molecule has 4 heteroatoms. The van der Waals surface area contributed by atoms with Crippen LogP contribution in [-0.4, -0.2) is 38.3 Å². The summed E-state index contributed by atoms with van der Waals surface area (Å²) in [7, 11) is 0. The van der Waals surface area contributed by atoms with Gasteiger partial charge in [-0.05, 0) is 10.8 Å². The number of ether oxygens (including phenoxy) is 1. The molecule has 1 amide bonds. The normalized spacial score (nSPS) is 21.7. The fourth-order valence-corrected chi connectivity index (χ4v) is 1.61. The van der Waals surface area contributed by atoms with Crippen molar-refractivity contribution in [3.63, 3.8) is 0 Å². The Morgan fingerprint density at radius 1 is 1.33 bits per heavy atom. The van der Waals surface area contributed by atoms with Crippen LogP contribution in [0.15, 0.2) is 0 Å². The van der Waals surface area contributed by atoms with Crippen LogP contribution < -0.4 is 10.6 Å². The van der Waals surface area contributed by atoms with Crippen molar-refractivity contribution >= 4 is 5.91 Å². The van der Waals surface area contributed by atoms with E-state index in [0.717, 1.165) is 13.1 Å². The Balaban J connectivity index is 2.32. The van der Waals surface area contributed by atoms with Crippen LogP contribution in [0.2, 0.25) is 0 Å². The number of amides is 1. The number of hydrogen-bond donors (Lipinski definition) is 2. The highest BCUT2D eigenvalue weighted by atomic mass is 16.5. The molecule has 1 rings (SSSR count). The zero-order chi connectivity index (χ0) is 13.8. The highest BCUT2D eigenvalue weighted by molar-refractivity contribution is 5.76. The summed E-state index contributed by atoms with van der Waals surface area (Å²) in [6.45, 7) is 14.0. The van der Waals surface area contributed by atoms with Crippen molar-refractivity contribution < 1.29 is 9.53 Å². The predicted molar refractivity (Wildman–Crippen MR) is 73.5 cm³/mol. The highest BCUT2D eigenvalue weighted by Crippen LogP contribution is 2.36. The van der Waals surface area contributed by atoms with Gasteiger partial charge in [0.2, 0.25) is 5.91 Å². The number of rotatable bonds is 4. The van der Waals surface area contributed by atoms with Crippen molar-refractivity contribution in [3.05, 3.63) is 0 Å². The topological polar surface area (TPSA) is 50.4 Å². The van der Waals surface area contributed by atoms with Gasteiger partial charge in [-0.3, -0.25) is 4.79 Å². The molecule has 1 aliphatic rings. The Hall–Kier alpha value is -0.610. The first-order valence-corrected chi connectivity index (χ1v) is 6.81. The Kier molecular flexibility index (Phi) is 5.17. The van der Waals surface area contributed by atoms with E-state index in [1.165, 1.54) is 0 Å². The maximum atomic E-state index is 11.9. The van der Waals surface area contributed by atoms with Gasteiger partial charge >= 0.3 is 0 Å². The average Bonchev–Trinajstić information content (AvgIpc) is 2.26. The maximum Gasteiger partial charge on any atom is 0.222 e. The van der Waals surface area contributed by atoms with E-state index in [4.69, 9.17) is 4.74 Å². The summed E-state index contributed by atoms with van der Waals surface area (Å²) in [5, 5.41) is 6.26. The molecule has 1 saturated heterocycles. The van der Waals surface area contributed by atoms with E-state index < -0.39 is 0 Å². The van der Waals surface area contributed by atoms with Crippen molar-refractivity contribution in [2.45, 2.75) is 47.1 Å². The van der Waals surface area contributed by atoms with Gasteiger partial charge in [-0.2, -0.15) is 0 Å². The van der Waals surface area contributed by atoms with E-state index in [0.29, 0.717) is 19.6 Å². The van der Waals surface area contributed by atoms with Crippen LogP contribution in [0.3, 0.4) is 0 Å². The van der Waals surface area contributed by atoms with Gasteiger partial charge in [-0.15, -0.1) is 0 Å². The van der Waals surface area contributed by atoms with Crippen LogP contribution in [0.25, 0.3) is 0 Å². The number of hydrogen-bond acceptors (Lipinski definition) is 3. The third kappa shape index (κ3) is 4.58. The van der Waals surface area contributed by atoms with Crippen molar-refractivity contribution in [1.29, 1.82) is 0 Å². The molecule has 0 aliphatic carbocycles. The third-order valence-corrected chi connectivity index (χ3v) is 4.18.